The fourth-order valence-electron chi connectivity index (χ4n) is 2.78. The van der Waals surface area contributed by atoms with E-state index in [-0.39, 0.29) is 22.8 Å². The highest BCUT2D eigenvalue weighted by Crippen LogP contribution is 2.52. The zero-order chi connectivity index (χ0) is 14.0. The van der Waals surface area contributed by atoms with E-state index in [4.69, 9.17) is 0 Å². The summed E-state index contributed by atoms with van der Waals surface area (Å²) in [5.41, 5.74) is 0. The van der Waals surface area contributed by atoms with Gasteiger partial charge in [-0.3, -0.25) is 4.79 Å². The van der Waals surface area contributed by atoms with Crippen molar-refractivity contribution >= 4 is 17.7 Å². The van der Waals surface area contributed by atoms with Crippen molar-refractivity contribution in [2.45, 2.75) is 60.3 Å². The Morgan fingerprint density at radius 2 is 1.90 bits per heavy atom. The Balaban J connectivity index is 1.61. The molecule has 4 heteroatoms. The van der Waals surface area contributed by atoms with Crippen LogP contribution in [-0.4, -0.2) is 27.9 Å². The van der Waals surface area contributed by atoms with Crippen LogP contribution in [0.25, 0.3) is 0 Å². The van der Waals surface area contributed by atoms with E-state index in [0.29, 0.717) is 0 Å². The molecule has 2 aliphatic rings. The molecule has 0 aliphatic heterocycles. The fraction of sp³-hybridized carbons (Fsp3) is 0.562. The second-order valence-electron chi connectivity index (χ2n) is 5.84. The molecule has 1 aromatic carbocycles. The lowest BCUT2D eigenvalue weighted by Gasteiger charge is -2.29. The van der Waals surface area contributed by atoms with Gasteiger partial charge in [0.2, 0.25) is 5.91 Å². The Hall–Kier alpha value is -1.00. The van der Waals surface area contributed by atoms with Crippen molar-refractivity contribution in [1.29, 1.82) is 0 Å². The summed E-state index contributed by atoms with van der Waals surface area (Å²) in [6.45, 7) is 0. The molecule has 20 heavy (non-hydrogen) atoms. The topological polar surface area (TPSA) is 49.3 Å². The quantitative estimate of drug-likeness (QED) is 0.897. The first kappa shape index (κ1) is 14.0. The van der Waals surface area contributed by atoms with Crippen LogP contribution in [0.5, 0.6) is 0 Å². The maximum absolute atomic E-state index is 12.5. The first-order chi connectivity index (χ1) is 9.70. The number of hydrogen-bond donors (Lipinski definition) is 2. The molecule has 2 saturated carbocycles. The largest absolute Gasteiger partial charge is 0.391 e. The Morgan fingerprint density at radius 1 is 1.20 bits per heavy atom. The summed E-state index contributed by atoms with van der Waals surface area (Å²) < 4.78 is -0.293. The molecule has 0 radical (unpaired) electrons. The number of thioether (sulfide) groups is 1. The van der Waals surface area contributed by atoms with Gasteiger partial charge in [-0.05, 0) is 37.8 Å². The maximum Gasteiger partial charge on any atom is 0.236 e. The molecule has 2 N–H and O–H groups in total. The monoisotopic (exact) mass is 291 g/mol. The molecule has 2 unspecified atom stereocenters. The molecule has 0 aromatic heterocycles. The summed E-state index contributed by atoms with van der Waals surface area (Å²) in [5.74, 6) is 0.109. The first-order valence-electron chi connectivity index (χ1n) is 7.43. The molecule has 2 fully saturated rings. The number of benzene rings is 1. The minimum absolute atomic E-state index is 0.0508. The van der Waals surface area contributed by atoms with Crippen LogP contribution >= 0.6 is 11.8 Å². The average molecular weight is 291 g/mol. The molecule has 1 amide bonds. The number of carbonyl (C=O) groups excluding carboxylic acids is 1. The number of aliphatic hydroxyl groups is 1. The zero-order valence-corrected chi connectivity index (χ0v) is 12.4. The molecule has 0 heterocycles. The van der Waals surface area contributed by atoms with E-state index in [1.807, 2.05) is 30.3 Å². The Labute approximate surface area is 124 Å². The van der Waals surface area contributed by atoms with Crippen LogP contribution in [0.4, 0.5) is 0 Å². The minimum Gasteiger partial charge on any atom is -0.391 e. The molecule has 1 aromatic rings. The van der Waals surface area contributed by atoms with E-state index < -0.39 is 0 Å². The van der Waals surface area contributed by atoms with Gasteiger partial charge in [-0.15, -0.1) is 11.8 Å². The summed E-state index contributed by atoms with van der Waals surface area (Å²) in [7, 11) is 0. The summed E-state index contributed by atoms with van der Waals surface area (Å²) in [6, 6.07) is 10.0. The first-order valence-corrected chi connectivity index (χ1v) is 8.24. The highest BCUT2D eigenvalue weighted by molar-refractivity contribution is 8.01. The molecule has 0 spiro atoms. The predicted molar refractivity (Wildman–Crippen MR) is 80.7 cm³/mol. The van der Waals surface area contributed by atoms with E-state index in [0.717, 1.165) is 43.4 Å². The van der Waals surface area contributed by atoms with Crippen LogP contribution in [-0.2, 0) is 4.79 Å². The number of amides is 1. The van der Waals surface area contributed by atoms with Crippen LogP contribution in [0.15, 0.2) is 35.2 Å². The van der Waals surface area contributed by atoms with E-state index in [1.165, 1.54) is 0 Å². The second kappa shape index (κ2) is 5.78. The third-order valence-electron chi connectivity index (χ3n) is 4.22. The number of nitrogens with one attached hydrogen (secondary N) is 1. The number of rotatable bonds is 4. The lowest BCUT2D eigenvalue weighted by Crippen LogP contribution is -2.48. The van der Waals surface area contributed by atoms with Gasteiger partial charge in [-0.2, -0.15) is 0 Å². The molecule has 2 aliphatic carbocycles. The molecule has 0 saturated heterocycles. The summed E-state index contributed by atoms with van der Waals surface area (Å²) in [6.07, 6.45) is 5.37. The predicted octanol–water partition coefficient (Wildman–Crippen LogP) is 2.73. The van der Waals surface area contributed by atoms with Gasteiger partial charge in [0.25, 0.3) is 0 Å². The molecule has 2 atom stereocenters. The van der Waals surface area contributed by atoms with E-state index >= 15 is 0 Å². The van der Waals surface area contributed by atoms with Crippen LogP contribution in [0.2, 0.25) is 0 Å². The smallest absolute Gasteiger partial charge is 0.236 e. The van der Waals surface area contributed by atoms with E-state index in [2.05, 4.69) is 5.32 Å². The van der Waals surface area contributed by atoms with Crippen molar-refractivity contribution in [3.05, 3.63) is 30.3 Å². The van der Waals surface area contributed by atoms with Crippen LogP contribution in [0.1, 0.15) is 38.5 Å². The van der Waals surface area contributed by atoms with Gasteiger partial charge in [-0.1, -0.05) is 31.0 Å². The SMILES string of the molecule is O=C(NC1CCCCC1O)C1(Sc2ccccc2)CC1. The van der Waals surface area contributed by atoms with Crippen molar-refractivity contribution in [3.8, 4) is 0 Å². The molecule has 3 rings (SSSR count). The maximum atomic E-state index is 12.5. The Morgan fingerprint density at radius 3 is 2.55 bits per heavy atom. The van der Waals surface area contributed by atoms with Crippen LogP contribution in [0, 0.1) is 0 Å². The average Bonchev–Trinajstić information content (AvgIpc) is 3.23. The lowest BCUT2D eigenvalue weighted by molar-refractivity contribution is -0.123. The minimum atomic E-state index is -0.370. The van der Waals surface area contributed by atoms with Crippen LogP contribution < -0.4 is 5.32 Å². The van der Waals surface area contributed by atoms with Gasteiger partial charge in [0.1, 0.15) is 0 Å². The van der Waals surface area contributed by atoms with E-state index in [1.54, 1.807) is 11.8 Å². The summed E-state index contributed by atoms with van der Waals surface area (Å²) >= 11 is 1.66. The highest BCUT2D eigenvalue weighted by Gasteiger charge is 2.51. The number of aliphatic hydroxyl groups excluding tert-OH is 1. The van der Waals surface area contributed by atoms with Crippen molar-refractivity contribution in [3.63, 3.8) is 0 Å². The number of hydrogen-bond acceptors (Lipinski definition) is 3. The van der Waals surface area contributed by atoms with Crippen molar-refractivity contribution in [1.82, 2.24) is 5.32 Å². The van der Waals surface area contributed by atoms with Crippen molar-refractivity contribution < 1.29 is 9.90 Å². The Kier molecular flexibility index (Phi) is 4.03. The van der Waals surface area contributed by atoms with Gasteiger partial charge in [0, 0.05) is 4.90 Å². The third-order valence-corrected chi connectivity index (χ3v) is 5.71. The van der Waals surface area contributed by atoms with Gasteiger partial charge >= 0.3 is 0 Å². The van der Waals surface area contributed by atoms with Gasteiger partial charge in [-0.25, -0.2) is 0 Å². The van der Waals surface area contributed by atoms with Crippen LogP contribution in [0.3, 0.4) is 0 Å². The Bertz CT molecular complexity index is 473. The van der Waals surface area contributed by atoms with Gasteiger partial charge < -0.3 is 10.4 Å². The van der Waals surface area contributed by atoms with Gasteiger partial charge in [0.15, 0.2) is 0 Å². The molecular formula is C16H21NO2S. The molecular weight excluding hydrogens is 270 g/mol. The number of carbonyl (C=O) groups is 1. The molecule has 3 nitrogen and oxygen atoms in total. The van der Waals surface area contributed by atoms with Crippen molar-refractivity contribution in [2.24, 2.45) is 0 Å². The standard InChI is InChI=1S/C16H21NO2S/c18-14-9-5-4-8-13(14)17-15(19)16(10-11-16)20-12-6-2-1-3-7-12/h1-3,6-7,13-14,18H,4-5,8-11H2,(H,17,19). The highest BCUT2D eigenvalue weighted by atomic mass is 32.2. The second-order valence-corrected chi connectivity index (χ2v) is 7.30. The molecule has 108 valence electrons. The van der Waals surface area contributed by atoms with Gasteiger partial charge in [0.05, 0.1) is 16.9 Å². The third kappa shape index (κ3) is 3.01. The molecule has 0 bridgehead atoms. The van der Waals surface area contributed by atoms with E-state index in [9.17, 15) is 9.90 Å². The summed E-state index contributed by atoms with van der Waals surface area (Å²) in [4.78, 5) is 13.6. The summed E-state index contributed by atoms with van der Waals surface area (Å²) in [5, 5.41) is 13.1. The van der Waals surface area contributed by atoms with Crippen molar-refractivity contribution in [2.75, 3.05) is 0 Å². The normalized spacial score (nSPS) is 27.9. The lowest BCUT2D eigenvalue weighted by atomic mass is 9.92. The fourth-order valence-corrected chi connectivity index (χ4v) is 3.98. The zero-order valence-electron chi connectivity index (χ0n) is 11.5.